The van der Waals surface area contributed by atoms with Gasteiger partial charge in [0.1, 0.15) is 11.5 Å². The predicted molar refractivity (Wildman–Crippen MR) is 79.3 cm³/mol. The van der Waals surface area contributed by atoms with Gasteiger partial charge in [-0.15, -0.1) is 0 Å². The lowest BCUT2D eigenvalue weighted by molar-refractivity contribution is -0.120. The summed E-state index contributed by atoms with van der Waals surface area (Å²) >= 11 is 0. The SMILES string of the molecule is COc1cccc(CC(=O)NCCCc2cc(C)no2)c1. The van der Waals surface area contributed by atoms with Crippen LogP contribution < -0.4 is 10.1 Å². The van der Waals surface area contributed by atoms with Gasteiger partial charge in [0.2, 0.25) is 5.91 Å². The van der Waals surface area contributed by atoms with E-state index in [0.29, 0.717) is 13.0 Å². The Morgan fingerprint density at radius 2 is 2.24 bits per heavy atom. The second-order valence-electron chi connectivity index (χ2n) is 4.92. The Morgan fingerprint density at radius 3 is 2.95 bits per heavy atom. The zero-order chi connectivity index (χ0) is 15.1. The summed E-state index contributed by atoms with van der Waals surface area (Å²) in [6, 6.07) is 9.45. The molecule has 1 heterocycles. The lowest BCUT2D eigenvalue weighted by Crippen LogP contribution is -2.26. The maximum absolute atomic E-state index is 11.8. The van der Waals surface area contributed by atoms with Crippen LogP contribution in [0, 0.1) is 6.92 Å². The van der Waals surface area contributed by atoms with Crippen LogP contribution in [-0.2, 0) is 17.6 Å². The number of hydrogen-bond acceptors (Lipinski definition) is 4. The van der Waals surface area contributed by atoms with E-state index in [1.165, 1.54) is 0 Å². The molecule has 0 radical (unpaired) electrons. The summed E-state index contributed by atoms with van der Waals surface area (Å²) in [4.78, 5) is 11.8. The van der Waals surface area contributed by atoms with E-state index < -0.39 is 0 Å². The molecule has 0 spiro atoms. The summed E-state index contributed by atoms with van der Waals surface area (Å²) in [5.74, 6) is 1.63. The van der Waals surface area contributed by atoms with Crippen LogP contribution in [0.15, 0.2) is 34.9 Å². The molecule has 0 bridgehead atoms. The molecule has 112 valence electrons. The Hall–Kier alpha value is -2.30. The number of methoxy groups -OCH3 is 1. The van der Waals surface area contributed by atoms with Crippen molar-refractivity contribution >= 4 is 5.91 Å². The fraction of sp³-hybridized carbons (Fsp3) is 0.375. The maximum atomic E-state index is 11.8. The summed E-state index contributed by atoms with van der Waals surface area (Å²) in [6.45, 7) is 2.52. The Kier molecular flexibility index (Phi) is 5.37. The Bertz CT molecular complexity index is 593. The number of carbonyl (C=O) groups excluding carboxylic acids is 1. The normalized spacial score (nSPS) is 10.4. The van der Waals surface area contributed by atoms with E-state index in [1.807, 2.05) is 37.3 Å². The Balaban J connectivity index is 1.69. The maximum Gasteiger partial charge on any atom is 0.224 e. The highest BCUT2D eigenvalue weighted by molar-refractivity contribution is 5.78. The van der Waals surface area contributed by atoms with E-state index in [-0.39, 0.29) is 5.91 Å². The first-order valence-corrected chi connectivity index (χ1v) is 6.99. The summed E-state index contributed by atoms with van der Waals surface area (Å²) < 4.78 is 10.3. The standard InChI is InChI=1S/C16H20N2O3/c1-12-9-15(21-18-12)7-4-8-17-16(19)11-13-5-3-6-14(10-13)20-2/h3,5-6,9-10H,4,7-8,11H2,1-2H3,(H,17,19). The molecule has 21 heavy (non-hydrogen) atoms. The number of aryl methyl sites for hydroxylation is 2. The zero-order valence-electron chi connectivity index (χ0n) is 12.4. The number of aromatic nitrogens is 1. The molecule has 1 N–H and O–H groups in total. The van der Waals surface area contributed by atoms with E-state index in [9.17, 15) is 4.79 Å². The van der Waals surface area contributed by atoms with Crippen LogP contribution in [0.25, 0.3) is 0 Å². The second-order valence-corrected chi connectivity index (χ2v) is 4.92. The predicted octanol–water partition coefficient (Wildman–Crippen LogP) is 2.28. The van der Waals surface area contributed by atoms with Crippen LogP contribution in [0.4, 0.5) is 0 Å². The number of nitrogens with zero attached hydrogens (tertiary/aromatic N) is 1. The third-order valence-electron chi connectivity index (χ3n) is 3.10. The average Bonchev–Trinajstić information content (AvgIpc) is 2.89. The topological polar surface area (TPSA) is 64.4 Å². The van der Waals surface area contributed by atoms with Crippen molar-refractivity contribution in [1.29, 1.82) is 0 Å². The van der Waals surface area contributed by atoms with Crippen LogP contribution in [0.5, 0.6) is 5.75 Å². The van der Waals surface area contributed by atoms with E-state index in [4.69, 9.17) is 9.26 Å². The smallest absolute Gasteiger partial charge is 0.224 e. The zero-order valence-corrected chi connectivity index (χ0v) is 12.4. The Morgan fingerprint density at radius 1 is 1.38 bits per heavy atom. The minimum atomic E-state index is 0.0111. The first-order valence-electron chi connectivity index (χ1n) is 6.99. The number of hydrogen-bond donors (Lipinski definition) is 1. The van der Waals surface area contributed by atoms with E-state index >= 15 is 0 Å². The molecule has 0 fully saturated rings. The molecule has 5 heteroatoms. The second kappa shape index (κ2) is 7.47. The fourth-order valence-electron chi connectivity index (χ4n) is 2.05. The van der Waals surface area contributed by atoms with Crippen molar-refractivity contribution in [3.8, 4) is 5.75 Å². The molecule has 1 amide bonds. The first kappa shape index (κ1) is 15.1. The van der Waals surface area contributed by atoms with E-state index in [0.717, 1.165) is 35.6 Å². The van der Waals surface area contributed by atoms with E-state index in [2.05, 4.69) is 10.5 Å². The molecule has 2 aromatic rings. The summed E-state index contributed by atoms with van der Waals surface area (Å²) in [7, 11) is 1.62. The van der Waals surface area contributed by atoms with Gasteiger partial charge in [0.15, 0.2) is 0 Å². The number of amides is 1. The van der Waals surface area contributed by atoms with Gasteiger partial charge in [-0.25, -0.2) is 0 Å². The highest BCUT2D eigenvalue weighted by atomic mass is 16.5. The molecule has 0 aliphatic carbocycles. The van der Waals surface area contributed by atoms with Crippen molar-refractivity contribution in [1.82, 2.24) is 10.5 Å². The van der Waals surface area contributed by atoms with Crippen LogP contribution in [0.2, 0.25) is 0 Å². The fourth-order valence-corrected chi connectivity index (χ4v) is 2.05. The van der Waals surface area contributed by atoms with Crippen molar-refractivity contribution in [2.75, 3.05) is 13.7 Å². The number of benzene rings is 1. The van der Waals surface area contributed by atoms with Gasteiger partial charge in [-0.2, -0.15) is 0 Å². The van der Waals surface area contributed by atoms with Crippen LogP contribution in [0.1, 0.15) is 23.4 Å². The number of nitrogens with one attached hydrogen (secondary N) is 1. The summed E-state index contributed by atoms with van der Waals surface area (Å²) in [6.07, 6.45) is 1.97. The van der Waals surface area contributed by atoms with Crippen LogP contribution in [0.3, 0.4) is 0 Å². The minimum absolute atomic E-state index is 0.0111. The van der Waals surface area contributed by atoms with Crippen LogP contribution >= 0.6 is 0 Å². The molecule has 0 aliphatic rings. The monoisotopic (exact) mass is 288 g/mol. The lowest BCUT2D eigenvalue weighted by Gasteiger charge is -2.06. The number of ether oxygens (including phenoxy) is 1. The highest BCUT2D eigenvalue weighted by Gasteiger charge is 2.05. The third-order valence-corrected chi connectivity index (χ3v) is 3.10. The van der Waals surface area contributed by atoms with Crippen molar-refractivity contribution in [3.05, 3.63) is 47.3 Å². The average molecular weight is 288 g/mol. The lowest BCUT2D eigenvalue weighted by atomic mass is 10.1. The number of carbonyl (C=O) groups is 1. The molecule has 1 aromatic carbocycles. The van der Waals surface area contributed by atoms with Crippen LogP contribution in [-0.4, -0.2) is 24.7 Å². The first-order chi connectivity index (χ1) is 10.2. The molecule has 1 aromatic heterocycles. The van der Waals surface area contributed by atoms with Gasteiger partial charge >= 0.3 is 0 Å². The molecule has 0 atom stereocenters. The van der Waals surface area contributed by atoms with Gasteiger partial charge in [-0.3, -0.25) is 4.79 Å². The van der Waals surface area contributed by atoms with Gasteiger partial charge < -0.3 is 14.6 Å². The van der Waals surface area contributed by atoms with Gasteiger partial charge in [0, 0.05) is 19.0 Å². The molecule has 5 nitrogen and oxygen atoms in total. The molecule has 0 saturated carbocycles. The minimum Gasteiger partial charge on any atom is -0.497 e. The molecule has 0 unspecified atom stereocenters. The number of rotatable bonds is 7. The van der Waals surface area contributed by atoms with Gasteiger partial charge in [-0.05, 0) is 31.0 Å². The highest BCUT2D eigenvalue weighted by Crippen LogP contribution is 2.12. The van der Waals surface area contributed by atoms with Crippen molar-refractivity contribution in [2.45, 2.75) is 26.2 Å². The van der Waals surface area contributed by atoms with Gasteiger partial charge in [0.25, 0.3) is 0 Å². The largest absolute Gasteiger partial charge is 0.497 e. The molecule has 0 aliphatic heterocycles. The molecular formula is C16H20N2O3. The van der Waals surface area contributed by atoms with Crippen molar-refractivity contribution in [3.63, 3.8) is 0 Å². The van der Waals surface area contributed by atoms with Crippen molar-refractivity contribution < 1.29 is 14.1 Å². The molecule has 2 rings (SSSR count). The van der Waals surface area contributed by atoms with Gasteiger partial charge in [-0.1, -0.05) is 17.3 Å². The van der Waals surface area contributed by atoms with E-state index in [1.54, 1.807) is 7.11 Å². The third kappa shape index (κ3) is 4.95. The Labute approximate surface area is 124 Å². The molecular weight excluding hydrogens is 268 g/mol. The quantitative estimate of drug-likeness (QED) is 0.794. The summed E-state index contributed by atoms with van der Waals surface area (Å²) in [5.41, 5.74) is 1.82. The van der Waals surface area contributed by atoms with Crippen molar-refractivity contribution in [2.24, 2.45) is 0 Å². The molecule has 0 saturated heterocycles. The van der Waals surface area contributed by atoms with Gasteiger partial charge in [0.05, 0.1) is 19.2 Å². The summed E-state index contributed by atoms with van der Waals surface area (Å²) in [5, 5.41) is 6.73.